The zero-order valence-electron chi connectivity index (χ0n) is 18.5. The predicted octanol–water partition coefficient (Wildman–Crippen LogP) is 4.32. The minimum Gasteiger partial charge on any atom is -0.480 e. The third-order valence-electron chi connectivity index (χ3n) is 5.36. The highest BCUT2D eigenvalue weighted by Gasteiger charge is 2.15. The molecule has 1 amide bonds. The second-order valence-electron chi connectivity index (χ2n) is 7.47. The molecule has 0 aliphatic heterocycles. The molecule has 0 radical (unpaired) electrons. The quantitative estimate of drug-likeness (QED) is 0.421. The SMILES string of the molecule is CNC(=O)c1ccnc2c([C@H](C)CNc3cc(-c4cnc(OC)c(Cl)c4)ncn3)cccc12. The lowest BCUT2D eigenvalue weighted by molar-refractivity contribution is 0.0964. The first-order valence-electron chi connectivity index (χ1n) is 10.4. The van der Waals surface area contributed by atoms with Crippen LogP contribution in [0, 0.1) is 0 Å². The number of halogens is 1. The summed E-state index contributed by atoms with van der Waals surface area (Å²) in [6, 6.07) is 11.2. The van der Waals surface area contributed by atoms with Crippen molar-refractivity contribution in [1.82, 2.24) is 25.3 Å². The Morgan fingerprint density at radius 2 is 2.00 bits per heavy atom. The first-order valence-corrected chi connectivity index (χ1v) is 10.7. The van der Waals surface area contributed by atoms with E-state index < -0.39 is 0 Å². The van der Waals surface area contributed by atoms with Gasteiger partial charge in [0.2, 0.25) is 5.88 Å². The molecule has 0 aliphatic carbocycles. The number of anilines is 1. The molecule has 0 saturated carbocycles. The Hall–Kier alpha value is -3.78. The molecule has 9 heteroatoms. The molecule has 33 heavy (non-hydrogen) atoms. The molecule has 4 aromatic rings. The molecule has 168 valence electrons. The predicted molar refractivity (Wildman–Crippen MR) is 129 cm³/mol. The fourth-order valence-corrected chi connectivity index (χ4v) is 3.87. The number of nitrogens with one attached hydrogen (secondary N) is 2. The molecular formula is C24H23ClN6O2. The fraction of sp³-hybridized carbons (Fsp3) is 0.208. The van der Waals surface area contributed by atoms with Crippen molar-refractivity contribution >= 4 is 34.2 Å². The molecule has 0 fully saturated rings. The van der Waals surface area contributed by atoms with Gasteiger partial charge in [0, 0.05) is 48.9 Å². The van der Waals surface area contributed by atoms with E-state index in [1.54, 1.807) is 31.6 Å². The average molecular weight is 463 g/mol. The molecule has 0 aliphatic rings. The highest BCUT2D eigenvalue weighted by atomic mass is 35.5. The minimum atomic E-state index is -0.132. The van der Waals surface area contributed by atoms with Crippen LogP contribution in [-0.4, -0.2) is 46.5 Å². The van der Waals surface area contributed by atoms with Gasteiger partial charge < -0.3 is 15.4 Å². The van der Waals surface area contributed by atoms with Crippen LogP contribution in [0.4, 0.5) is 5.82 Å². The number of carbonyl (C=O) groups is 1. The van der Waals surface area contributed by atoms with E-state index in [1.807, 2.05) is 24.3 Å². The Morgan fingerprint density at radius 3 is 2.76 bits per heavy atom. The van der Waals surface area contributed by atoms with Gasteiger partial charge in [-0.25, -0.2) is 15.0 Å². The lowest BCUT2D eigenvalue weighted by Gasteiger charge is -2.16. The summed E-state index contributed by atoms with van der Waals surface area (Å²) in [5, 5.41) is 7.29. The maximum absolute atomic E-state index is 12.2. The van der Waals surface area contributed by atoms with Crippen LogP contribution in [-0.2, 0) is 0 Å². The number of hydrogen-bond acceptors (Lipinski definition) is 7. The Labute approximate surface area is 196 Å². The first kappa shape index (κ1) is 22.4. The number of pyridine rings is 2. The molecule has 0 saturated heterocycles. The molecule has 1 atom stereocenters. The molecular weight excluding hydrogens is 440 g/mol. The van der Waals surface area contributed by atoms with Gasteiger partial charge in [0.25, 0.3) is 5.91 Å². The van der Waals surface area contributed by atoms with E-state index in [2.05, 4.69) is 37.5 Å². The summed E-state index contributed by atoms with van der Waals surface area (Å²) in [4.78, 5) is 29.6. The smallest absolute Gasteiger partial charge is 0.251 e. The number of nitrogens with zero attached hydrogens (tertiary/aromatic N) is 4. The van der Waals surface area contributed by atoms with Gasteiger partial charge in [0.1, 0.15) is 17.2 Å². The zero-order valence-corrected chi connectivity index (χ0v) is 19.2. The van der Waals surface area contributed by atoms with Crippen molar-refractivity contribution in [3.05, 3.63) is 71.3 Å². The maximum Gasteiger partial charge on any atom is 0.251 e. The van der Waals surface area contributed by atoms with Crippen LogP contribution >= 0.6 is 11.6 Å². The largest absolute Gasteiger partial charge is 0.480 e. The molecule has 3 aromatic heterocycles. The van der Waals surface area contributed by atoms with E-state index in [0.29, 0.717) is 34.5 Å². The van der Waals surface area contributed by atoms with Crippen molar-refractivity contribution in [2.75, 3.05) is 26.0 Å². The number of methoxy groups -OCH3 is 1. The number of amides is 1. The van der Waals surface area contributed by atoms with Crippen LogP contribution in [0.1, 0.15) is 28.8 Å². The summed E-state index contributed by atoms with van der Waals surface area (Å²) in [6.45, 7) is 2.72. The Bertz CT molecular complexity index is 1310. The number of benzene rings is 1. The summed E-state index contributed by atoms with van der Waals surface area (Å²) < 4.78 is 5.11. The average Bonchev–Trinajstić information content (AvgIpc) is 2.86. The number of para-hydroxylation sites is 1. The topological polar surface area (TPSA) is 102 Å². The minimum absolute atomic E-state index is 0.108. The van der Waals surface area contributed by atoms with Gasteiger partial charge in [0.15, 0.2) is 0 Å². The summed E-state index contributed by atoms with van der Waals surface area (Å²) in [7, 11) is 3.14. The van der Waals surface area contributed by atoms with Crippen LogP contribution in [0.25, 0.3) is 22.2 Å². The summed E-state index contributed by atoms with van der Waals surface area (Å²) in [5.74, 6) is 1.02. The van der Waals surface area contributed by atoms with Crippen LogP contribution in [0.2, 0.25) is 5.02 Å². The van der Waals surface area contributed by atoms with Crippen molar-refractivity contribution in [2.24, 2.45) is 0 Å². The molecule has 1 aromatic carbocycles. The molecule has 0 unspecified atom stereocenters. The number of hydrogen-bond donors (Lipinski definition) is 2. The van der Waals surface area contributed by atoms with E-state index in [-0.39, 0.29) is 11.8 Å². The second-order valence-corrected chi connectivity index (χ2v) is 7.87. The third-order valence-corrected chi connectivity index (χ3v) is 5.63. The van der Waals surface area contributed by atoms with E-state index in [0.717, 1.165) is 22.0 Å². The zero-order chi connectivity index (χ0) is 23.4. The summed E-state index contributed by atoms with van der Waals surface area (Å²) in [6.07, 6.45) is 4.82. The normalized spacial score (nSPS) is 11.8. The highest BCUT2D eigenvalue weighted by molar-refractivity contribution is 6.32. The molecule has 0 spiro atoms. The van der Waals surface area contributed by atoms with Gasteiger partial charge in [-0.1, -0.05) is 36.7 Å². The van der Waals surface area contributed by atoms with Crippen molar-refractivity contribution < 1.29 is 9.53 Å². The van der Waals surface area contributed by atoms with Crippen molar-refractivity contribution in [1.29, 1.82) is 0 Å². The van der Waals surface area contributed by atoms with Crippen LogP contribution < -0.4 is 15.4 Å². The lowest BCUT2D eigenvalue weighted by atomic mass is 9.96. The number of fused-ring (bicyclic) bond motifs is 1. The highest BCUT2D eigenvalue weighted by Crippen LogP contribution is 2.29. The van der Waals surface area contributed by atoms with Crippen molar-refractivity contribution in [3.63, 3.8) is 0 Å². The number of carbonyl (C=O) groups excluding carboxylic acids is 1. The molecule has 3 heterocycles. The van der Waals surface area contributed by atoms with Gasteiger partial charge in [-0.05, 0) is 17.7 Å². The van der Waals surface area contributed by atoms with Crippen molar-refractivity contribution in [2.45, 2.75) is 12.8 Å². The maximum atomic E-state index is 12.2. The standard InChI is InChI=1S/C24H23ClN6O2/c1-14(16-5-4-6-17-18(23(32)26-2)7-8-27-22(16)17)11-28-21-10-20(30-13-31-21)15-9-19(25)24(33-3)29-12-15/h4-10,12-14H,11H2,1-3H3,(H,26,32)(H,28,30,31)/t14-/m1/s1. The number of ether oxygens (including phenoxy) is 1. The first-order chi connectivity index (χ1) is 16.0. The fourth-order valence-electron chi connectivity index (χ4n) is 3.62. The van der Waals surface area contributed by atoms with E-state index in [1.165, 1.54) is 13.4 Å². The molecule has 2 N–H and O–H groups in total. The second kappa shape index (κ2) is 9.79. The van der Waals surface area contributed by atoms with Crippen LogP contribution in [0.5, 0.6) is 5.88 Å². The van der Waals surface area contributed by atoms with Gasteiger partial charge in [-0.3, -0.25) is 9.78 Å². The Kier molecular flexibility index (Phi) is 6.65. The van der Waals surface area contributed by atoms with Gasteiger partial charge in [-0.2, -0.15) is 0 Å². The molecule has 0 bridgehead atoms. The lowest BCUT2D eigenvalue weighted by Crippen LogP contribution is -2.18. The monoisotopic (exact) mass is 462 g/mol. The number of aromatic nitrogens is 4. The van der Waals surface area contributed by atoms with E-state index in [9.17, 15) is 4.79 Å². The van der Waals surface area contributed by atoms with Crippen molar-refractivity contribution in [3.8, 4) is 17.1 Å². The van der Waals surface area contributed by atoms with Crippen LogP contribution in [0.15, 0.2) is 55.1 Å². The molecule has 4 rings (SSSR count). The molecule has 8 nitrogen and oxygen atoms in total. The van der Waals surface area contributed by atoms with E-state index in [4.69, 9.17) is 16.3 Å². The van der Waals surface area contributed by atoms with Gasteiger partial charge in [-0.15, -0.1) is 0 Å². The Balaban J connectivity index is 1.55. The van der Waals surface area contributed by atoms with Crippen LogP contribution in [0.3, 0.4) is 0 Å². The third kappa shape index (κ3) is 4.70. The number of rotatable bonds is 7. The van der Waals surface area contributed by atoms with E-state index >= 15 is 0 Å². The van der Waals surface area contributed by atoms with Gasteiger partial charge in [0.05, 0.1) is 23.9 Å². The summed E-state index contributed by atoms with van der Waals surface area (Å²) in [5.41, 5.74) is 3.93. The summed E-state index contributed by atoms with van der Waals surface area (Å²) >= 11 is 6.20. The van der Waals surface area contributed by atoms with Gasteiger partial charge >= 0.3 is 0 Å². The Morgan fingerprint density at radius 1 is 1.15 bits per heavy atom.